The number of anilines is 1. The first-order chi connectivity index (χ1) is 12.0. The largest absolute Gasteiger partial charge is 0.480 e. The molecule has 0 spiro atoms. The molecule has 130 valence electrons. The van der Waals surface area contributed by atoms with Crippen molar-refractivity contribution in [2.75, 3.05) is 11.9 Å². The molecule has 1 aliphatic rings. The maximum absolute atomic E-state index is 12.3. The van der Waals surface area contributed by atoms with E-state index in [-0.39, 0.29) is 30.6 Å². The van der Waals surface area contributed by atoms with Gasteiger partial charge in [0.2, 0.25) is 11.8 Å². The minimum absolute atomic E-state index is 0.0952. The number of pyridine rings is 1. The van der Waals surface area contributed by atoms with Gasteiger partial charge in [-0.15, -0.1) is 0 Å². The van der Waals surface area contributed by atoms with Crippen LogP contribution in [0.1, 0.15) is 12.1 Å². The number of rotatable bonds is 6. The monoisotopic (exact) mass is 343 g/mol. The summed E-state index contributed by atoms with van der Waals surface area (Å²) in [5.41, 5.74) is 0.768. The summed E-state index contributed by atoms with van der Waals surface area (Å²) in [6, 6.07) is 6.99. The third-order valence-corrected chi connectivity index (χ3v) is 3.85. The number of carbonyl (C=O) groups excluding carboxylic acids is 2. The second-order valence-corrected chi connectivity index (χ2v) is 5.78. The lowest BCUT2D eigenvalue weighted by atomic mass is 10.1. The highest BCUT2D eigenvalue weighted by Gasteiger charge is 2.34. The highest BCUT2D eigenvalue weighted by molar-refractivity contribution is 5.96. The van der Waals surface area contributed by atoms with Gasteiger partial charge in [0.05, 0.1) is 18.2 Å². The van der Waals surface area contributed by atoms with Crippen molar-refractivity contribution in [1.29, 1.82) is 0 Å². The highest BCUT2D eigenvalue weighted by Crippen LogP contribution is 2.21. The zero-order valence-electron chi connectivity index (χ0n) is 13.3. The van der Waals surface area contributed by atoms with Gasteiger partial charge in [0, 0.05) is 31.4 Å². The molecule has 2 aromatic heterocycles. The molecule has 0 saturated carbocycles. The van der Waals surface area contributed by atoms with Gasteiger partial charge in [0.15, 0.2) is 5.82 Å². The molecule has 3 rings (SSSR count). The third-order valence-electron chi connectivity index (χ3n) is 3.85. The van der Waals surface area contributed by atoms with E-state index in [1.807, 2.05) is 12.1 Å². The molecular formula is C16H17N5O4. The maximum Gasteiger partial charge on any atom is 0.325 e. The van der Waals surface area contributed by atoms with E-state index in [2.05, 4.69) is 15.4 Å². The molecule has 0 radical (unpaired) electrons. The van der Waals surface area contributed by atoms with Crippen molar-refractivity contribution >= 4 is 23.6 Å². The van der Waals surface area contributed by atoms with E-state index >= 15 is 0 Å². The van der Waals surface area contributed by atoms with Crippen molar-refractivity contribution < 1.29 is 19.5 Å². The number of amides is 2. The first-order valence-corrected chi connectivity index (χ1v) is 7.75. The summed E-state index contributed by atoms with van der Waals surface area (Å²) in [4.78, 5) is 40.9. The Bertz CT molecular complexity index is 789. The Labute approximate surface area is 143 Å². The van der Waals surface area contributed by atoms with Crippen LogP contribution in [0.15, 0.2) is 36.7 Å². The number of carboxylic acid groups (broad SMARTS) is 1. The number of carboxylic acids is 1. The van der Waals surface area contributed by atoms with E-state index in [0.717, 1.165) is 5.69 Å². The second-order valence-electron chi connectivity index (χ2n) is 5.78. The molecule has 1 saturated heterocycles. The van der Waals surface area contributed by atoms with Crippen molar-refractivity contribution in [3.63, 3.8) is 0 Å². The number of aliphatic carboxylic acids is 1. The summed E-state index contributed by atoms with van der Waals surface area (Å²) < 4.78 is 1.21. The predicted octanol–water partition coefficient (Wildman–Crippen LogP) is 0.350. The molecular weight excluding hydrogens is 326 g/mol. The molecule has 2 aromatic rings. The van der Waals surface area contributed by atoms with Crippen LogP contribution >= 0.6 is 0 Å². The molecule has 3 heterocycles. The molecule has 25 heavy (non-hydrogen) atoms. The molecule has 2 amide bonds. The number of carbonyl (C=O) groups is 3. The van der Waals surface area contributed by atoms with E-state index in [1.54, 1.807) is 17.2 Å². The maximum atomic E-state index is 12.3. The standard InChI is InChI=1S/C16H17N5O4/c22-14-7-11(8-20(14)9-12-3-1-2-5-17-12)16(25)18-13-4-6-21(19-13)10-15(23)24/h1-6,11H,7-10H2,(H,23,24)(H,18,19,25)/t11-/m0/s1. The molecule has 0 bridgehead atoms. The van der Waals surface area contributed by atoms with Gasteiger partial charge in [-0.3, -0.25) is 24.0 Å². The van der Waals surface area contributed by atoms with Gasteiger partial charge in [-0.05, 0) is 12.1 Å². The Morgan fingerprint density at radius 3 is 2.88 bits per heavy atom. The van der Waals surface area contributed by atoms with Gasteiger partial charge in [0.25, 0.3) is 0 Å². The van der Waals surface area contributed by atoms with Crippen LogP contribution in [0.2, 0.25) is 0 Å². The molecule has 0 unspecified atom stereocenters. The lowest BCUT2D eigenvalue weighted by Crippen LogP contribution is -2.28. The molecule has 0 aromatic carbocycles. The fourth-order valence-corrected chi connectivity index (χ4v) is 2.67. The summed E-state index contributed by atoms with van der Waals surface area (Å²) in [5, 5.41) is 15.3. The number of hydrogen-bond acceptors (Lipinski definition) is 5. The summed E-state index contributed by atoms with van der Waals surface area (Å²) in [5.74, 6) is -1.63. The molecule has 1 atom stereocenters. The first-order valence-electron chi connectivity index (χ1n) is 7.75. The zero-order valence-corrected chi connectivity index (χ0v) is 13.3. The Hall–Kier alpha value is -3.23. The smallest absolute Gasteiger partial charge is 0.325 e. The Kier molecular flexibility index (Phi) is 4.73. The average molecular weight is 343 g/mol. The van der Waals surface area contributed by atoms with E-state index < -0.39 is 11.9 Å². The SMILES string of the molecule is O=C(O)Cn1ccc(NC(=O)[C@H]2CC(=O)N(Cc3ccccn3)C2)n1. The van der Waals surface area contributed by atoms with Gasteiger partial charge in [-0.2, -0.15) is 5.10 Å². The highest BCUT2D eigenvalue weighted by atomic mass is 16.4. The first kappa shape index (κ1) is 16.6. The predicted molar refractivity (Wildman–Crippen MR) is 86.3 cm³/mol. The van der Waals surface area contributed by atoms with Crippen LogP contribution in [0.4, 0.5) is 5.82 Å². The molecule has 2 N–H and O–H groups in total. The van der Waals surface area contributed by atoms with E-state index in [1.165, 1.54) is 16.9 Å². The lowest BCUT2D eigenvalue weighted by Gasteiger charge is -2.15. The van der Waals surface area contributed by atoms with E-state index in [0.29, 0.717) is 13.1 Å². The van der Waals surface area contributed by atoms with Crippen LogP contribution in [0.3, 0.4) is 0 Å². The Morgan fingerprint density at radius 2 is 2.16 bits per heavy atom. The average Bonchev–Trinajstić information content (AvgIpc) is 3.15. The molecule has 1 aliphatic heterocycles. The summed E-state index contributed by atoms with van der Waals surface area (Å²) >= 11 is 0. The number of nitrogens with zero attached hydrogens (tertiary/aromatic N) is 4. The molecule has 9 nitrogen and oxygen atoms in total. The number of aromatic nitrogens is 3. The van der Waals surface area contributed by atoms with Gasteiger partial charge in [-0.25, -0.2) is 0 Å². The number of nitrogens with one attached hydrogen (secondary N) is 1. The van der Waals surface area contributed by atoms with Gasteiger partial charge < -0.3 is 15.3 Å². The number of hydrogen-bond donors (Lipinski definition) is 2. The van der Waals surface area contributed by atoms with Crippen LogP contribution in [0, 0.1) is 5.92 Å². The van der Waals surface area contributed by atoms with Gasteiger partial charge in [-0.1, -0.05) is 6.07 Å². The molecule has 1 fully saturated rings. The van der Waals surface area contributed by atoms with Crippen molar-refractivity contribution in [3.05, 3.63) is 42.4 Å². The summed E-state index contributed by atoms with van der Waals surface area (Å²) in [6.45, 7) is 0.406. The van der Waals surface area contributed by atoms with Crippen LogP contribution in [-0.4, -0.2) is 49.1 Å². The van der Waals surface area contributed by atoms with Crippen LogP contribution < -0.4 is 5.32 Å². The fraction of sp³-hybridized carbons (Fsp3) is 0.312. The lowest BCUT2D eigenvalue weighted by molar-refractivity contribution is -0.138. The third kappa shape index (κ3) is 4.19. The number of likely N-dealkylation sites (tertiary alicyclic amines) is 1. The summed E-state index contributed by atoms with van der Waals surface area (Å²) in [7, 11) is 0. The quantitative estimate of drug-likeness (QED) is 0.781. The van der Waals surface area contributed by atoms with Gasteiger partial charge in [0.1, 0.15) is 6.54 Å². The molecule has 0 aliphatic carbocycles. The normalized spacial score (nSPS) is 16.9. The topological polar surface area (TPSA) is 117 Å². The van der Waals surface area contributed by atoms with Crippen LogP contribution in [0.5, 0.6) is 0 Å². The minimum atomic E-state index is -1.02. The van der Waals surface area contributed by atoms with Gasteiger partial charge >= 0.3 is 5.97 Å². The van der Waals surface area contributed by atoms with Crippen LogP contribution in [-0.2, 0) is 27.5 Å². The zero-order chi connectivity index (χ0) is 17.8. The Balaban J connectivity index is 1.57. The minimum Gasteiger partial charge on any atom is -0.480 e. The fourth-order valence-electron chi connectivity index (χ4n) is 2.67. The van der Waals surface area contributed by atoms with Crippen LogP contribution in [0.25, 0.3) is 0 Å². The summed E-state index contributed by atoms with van der Waals surface area (Å²) in [6.07, 6.45) is 3.26. The van der Waals surface area contributed by atoms with Crippen molar-refractivity contribution in [2.24, 2.45) is 5.92 Å². The van der Waals surface area contributed by atoms with Crippen molar-refractivity contribution in [1.82, 2.24) is 19.7 Å². The van der Waals surface area contributed by atoms with Crippen molar-refractivity contribution in [3.8, 4) is 0 Å². The Morgan fingerprint density at radius 1 is 1.32 bits per heavy atom. The second kappa shape index (κ2) is 7.12. The molecule has 9 heteroatoms. The van der Waals surface area contributed by atoms with E-state index in [9.17, 15) is 14.4 Å². The van der Waals surface area contributed by atoms with Crippen molar-refractivity contribution in [2.45, 2.75) is 19.5 Å². The van der Waals surface area contributed by atoms with E-state index in [4.69, 9.17) is 5.11 Å².